The van der Waals surface area contributed by atoms with Crippen LogP contribution in [0.4, 0.5) is 15.8 Å². The lowest BCUT2D eigenvalue weighted by Crippen LogP contribution is -2.25. The summed E-state index contributed by atoms with van der Waals surface area (Å²) in [7, 11) is 0. The summed E-state index contributed by atoms with van der Waals surface area (Å²) in [6.45, 7) is 5.05. The molecule has 4 rings (SSSR count). The van der Waals surface area contributed by atoms with E-state index in [9.17, 15) is 9.18 Å². The lowest BCUT2D eigenvalue weighted by Gasteiger charge is -2.18. The van der Waals surface area contributed by atoms with Gasteiger partial charge in [0.05, 0.1) is 5.69 Å². The standard InChI is InChI=1S/C15H15FN4O2S/c1-15(2)5-12-19-23-14(20(12)7-15)18-9-4-10-11(3-8(9)16)22-6-13(21)17-10/h3-4H,5-7H2,1-2H3,(H,17,21)/b18-14-. The highest BCUT2D eigenvalue weighted by atomic mass is 32.1. The van der Waals surface area contributed by atoms with Gasteiger partial charge in [0.2, 0.25) is 4.80 Å². The fourth-order valence-corrected chi connectivity index (χ4v) is 3.62. The first-order valence-corrected chi connectivity index (χ1v) is 8.05. The van der Waals surface area contributed by atoms with Gasteiger partial charge in [-0.3, -0.25) is 4.79 Å². The van der Waals surface area contributed by atoms with Crippen LogP contribution >= 0.6 is 11.5 Å². The maximum Gasteiger partial charge on any atom is 0.262 e. The average molecular weight is 334 g/mol. The molecule has 2 aliphatic heterocycles. The van der Waals surface area contributed by atoms with E-state index in [0.717, 1.165) is 18.8 Å². The summed E-state index contributed by atoms with van der Waals surface area (Å²) >= 11 is 1.26. The molecule has 0 aliphatic carbocycles. The molecule has 2 aromatic rings. The van der Waals surface area contributed by atoms with E-state index >= 15 is 0 Å². The quantitative estimate of drug-likeness (QED) is 0.869. The van der Waals surface area contributed by atoms with Crippen molar-refractivity contribution in [2.24, 2.45) is 10.4 Å². The molecule has 0 bridgehead atoms. The number of anilines is 1. The summed E-state index contributed by atoms with van der Waals surface area (Å²) in [6.07, 6.45) is 0.885. The Labute approximate surface area is 135 Å². The number of hydrogen-bond acceptors (Lipinski definition) is 5. The van der Waals surface area contributed by atoms with Gasteiger partial charge in [-0.1, -0.05) is 13.8 Å². The molecule has 120 valence electrons. The molecule has 1 aromatic carbocycles. The van der Waals surface area contributed by atoms with Gasteiger partial charge >= 0.3 is 0 Å². The number of carbonyl (C=O) groups is 1. The third-order valence-electron chi connectivity index (χ3n) is 3.90. The lowest BCUT2D eigenvalue weighted by atomic mass is 9.92. The summed E-state index contributed by atoms with van der Waals surface area (Å²) in [5.41, 5.74) is 0.739. The van der Waals surface area contributed by atoms with Crippen LogP contribution in [0.3, 0.4) is 0 Å². The van der Waals surface area contributed by atoms with Gasteiger partial charge in [-0.15, -0.1) is 0 Å². The largest absolute Gasteiger partial charge is 0.481 e. The van der Waals surface area contributed by atoms with Crippen LogP contribution in [0.15, 0.2) is 17.1 Å². The second kappa shape index (κ2) is 4.89. The Morgan fingerprint density at radius 1 is 1.48 bits per heavy atom. The van der Waals surface area contributed by atoms with Crippen molar-refractivity contribution in [2.45, 2.75) is 26.8 Å². The number of ether oxygens (including phenoxy) is 1. The first-order valence-electron chi connectivity index (χ1n) is 7.28. The minimum absolute atomic E-state index is 0.101. The Bertz CT molecular complexity index is 884. The van der Waals surface area contributed by atoms with Crippen molar-refractivity contribution >= 4 is 28.8 Å². The summed E-state index contributed by atoms with van der Waals surface area (Å²) in [6, 6.07) is 2.75. The molecular weight excluding hydrogens is 319 g/mol. The van der Waals surface area contributed by atoms with Gasteiger partial charge in [-0.25, -0.2) is 9.38 Å². The molecule has 1 amide bonds. The van der Waals surface area contributed by atoms with Crippen molar-refractivity contribution in [3.05, 3.63) is 28.6 Å². The maximum atomic E-state index is 14.3. The summed E-state index contributed by atoms with van der Waals surface area (Å²) in [4.78, 5) is 16.5. The highest BCUT2D eigenvalue weighted by Gasteiger charge is 2.30. The maximum absolute atomic E-state index is 14.3. The molecule has 0 fully saturated rings. The Kier molecular flexibility index (Phi) is 3.06. The Balaban J connectivity index is 1.79. The molecule has 0 spiro atoms. The van der Waals surface area contributed by atoms with Crippen molar-refractivity contribution in [1.82, 2.24) is 8.94 Å². The molecule has 2 aliphatic rings. The number of amides is 1. The number of nitrogens with one attached hydrogen (secondary N) is 1. The molecule has 0 saturated heterocycles. The molecule has 6 nitrogen and oxygen atoms in total. The van der Waals surface area contributed by atoms with Crippen molar-refractivity contribution in [3.8, 4) is 5.75 Å². The van der Waals surface area contributed by atoms with Crippen LogP contribution in [0, 0.1) is 11.2 Å². The van der Waals surface area contributed by atoms with E-state index in [4.69, 9.17) is 4.74 Å². The van der Waals surface area contributed by atoms with Crippen molar-refractivity contribution in [3.63, 3.8) is 0 Å². The Morgan fingerprint density at radius 3 is 3.13 bits per heavy atom. The number of carbonyl (C=O) groups excluding carboxylic acids is 1. The second-order valence-electron chi connectivity index (χ2n) is 6.56. The van der Waals surface area contributed by atoms with Crippen LogP contribution in [0.1, 0.15) is 19.7 Å². The van der Waals surface area contributed by atoms with Gasteiger partial charge in [0.25, 0.3) is 5.91 Å². The number of nitrogens with zero attached hydrogens (tertiary/aromatic N) is 3. The smallest absolute Gasteiger partial charge is 0.262 e. The first-order chi connectivity index (χ1) is 10.9. The predicted molar refractivity (Wildman–Crippen MR) is 83.3 cm³/mol. The van der Waals surface area contributed by atoms with Gasteiger partial charge in [-0.2, -0.15) is 4.37 Å². The van der Waals surface area contributed by atoms with Crippen LogP contribution in [-0.4, -0.2) is 21.5 Å². The van der Waals surface area contributed by atoms with Crippen LogP contribution in [0.25, 0.3) is 0 Å². The summed E-state index contributed by atoms with van der Waals surface area (Å²) in [5.74, 6) is 0.558. The zero-order chi connectivity index (χ0) is 16.2. The van der Waals surface area contributed by atoms with Crippen molar-refractivity contribution < 1.29 is 13.9 Å². The van der Waals surface area contributed by atoms with E-state index in [2.05, 4.69) is 28.5 Å². The molecule has 1 N–H and O–H groups in total. The van der Waals surface area contributed by atoms with Gasteiger partial charge in [-0.05, 0) is 11.5 Å². The van der Waals surface area contributed by atoms with E-state index in [1.807, 2.05) is 4.57 Å². The number of fused-ring (bicyclic) bond motifs is 2. The van der Waals surface area contributed by atoms with Gasteiger partial charge in [0, 0.05) is 30.6 Å². The van der Waals surface area contributed by atoms with Gasteiger partial charge < -0.3 is 14.6 Å². The molecule has 0 atom stereocenters. The van der Waals surface area contributed by atoms with E-state index in [0.29, 0.717) is 16.2 Å². The van der Waals surface area contributed by atoms with Crippen LogP contribution in [0.5, 0.6) is 5.75 Å². The third-order valence-corrected chi connectivity index (χ3v) is 4.67. The monoisotopic (exact) mass is 334 g/mol. The summed E-state index contributed by atoms with van der Waals surface area (Å²) in [5, 5.41) is 2.66. The third kappa shape index (κ3) is 2.52. The number of halogens is 1. The lowest BCUT2D eigenvalue weighted by molar-refractivity contribution is -0.118. The van der Waals surface area contributed by atoms with Crippen molar-refractivity contribution in [2.75, 3.05) is 11.9 Å². The normalized spacial score (nSPS) is 19.1. The number of hydrogen-bond donors (Lipinski definition) is 1. The first kappa shape index (κ1) is 14.4. The molecule has 3 heterocycles. The summed E-state index contributed by atoms with van der Waals surface area (Å²) < 4.78 is 25.9. The number of aromatic nitrogens is 2. The van der Waals surface area contributed by atoms with E-state index in [-0.39, 0.29) is 23.6 Å². The van der Waals surface area contributed by atoms with E-state index < -0.39 is 5.82 Å². The Morgan fingerprint density at radius 2 is 2.30 bits per heavy atom. The van der Waals surface area contributed by atoms with E-state index in [1.165, 1.54) is 23.7 Å². The second-order valence-corrected chi connectivity index (χ2v) is 7.29. The highest BCUT2D eigenvalue weighted by molar-refractivity contribution is 7.02. The molecule has 0 saturated carbocycles. The molecule has 0 unspecified atom stereocenters. The SMILES string of the molecule is CC1(C)Cc2ns/c(=N\c3cc4c(cc3F)OCC(=O)N4)n2C1. The number of benzene rings is 1. The Hall–Kier alpha value is -2.22. The van der Waals surface area contributed by atoms with Gasteiger partial charge in [0.15, 0.2) is 12.4 Å². The number of rotatable bonds is 1. The molecule has 1 aromatic heterocycles. The highest BCUT2D eigenvalue weighted by Crippen LogP contribution is 2.34. The topological polar surface area (TPSA) is 68.5 Å². The van der Waals surface area contributed by atoms with Crippen LogP contribution in [-0.2, 0) is 17.8 Å². The van der Waals surface area contributed by atoms with Crippen LogP contribution in [0.2, 0.25) is 0 Å². The van der Waals surface area contributed by atoms with Crippen molar-refractivity contribution in [1.29, 1.82) is 0 Å². The fraction of sp³-hybridized carbons (Fsp3) is 0.400. The minimum Gasteiger partial charge on any atom is -0.481 e. The molecule has 23 heavy (non-hydrogen) atoms. The zero-order valence-electron chi connectivity index (χ0n) is 12.7. The zero-order valence-corrected chi connectivity index (χ0v) is 13.5. The molecule has 0 radical (unpaired) electrons. The van der Waals surface area contributed by atoms with Crippen LogP contribution < -0.4 is 14.9 Å². The molecule has 8 heteroatoms. The molecular formula is C15H15FN4O2S. The minimum atomic E-state index is -0.486. The van der Waals surface area contributed by atoms with Gasteiger partial charge in [0.1, 0.15) is 17.3 Å². The predicted octanol–water partition coefficient (Wildman–Crippen LogP) is 2.23. The average Bonchev–Trinajstić information content (AvgIpc) is 2.96. The van der Waals surface area contributed by atoms with E-state index in [1.54, 1.807) is 0 Å². The fourth-order valence-electron chi connectivity index (χ4n) is 2.86.